The van der Waals surface area contributed by atoms with Gasteiger partial charge in [0, 0.05) is 12.4 Å². The molecule has 0 saturated carbocycles. The Balaban J connectivity index is 2.17. The lowest BCUT2D eigenvalue weighted by Gasteiger charge is -2.11. The predicted octanol–water partition coefficient (Wildman–Crippen LogP) is 1.90. The van der Waals surface area contributed by atoms with Crippen molar-refractivity contribution in [3.8, 4) is 0 Å². The van der Waals surface area contributed by atoms with Crippen LogP contribution in [0.2, 0.25) is 0 Å². The number of thioether (sulfide) groups is 2. The molecule has 0 radical (unpaired) electrons. The first-order valence-corrected chi connectivity index (χ1v) is 5.02. The summed E-state index contributed by atoms with van der Waals surface area (Å²) in [6, 6.07) is 0. The molecule has 2 rings (SSSR count). The molecule has 0 amide bonds. The lowest BCUT2D eigenvalue weighted by atomic mass is 10.7. The molecule has 3 nitrogen and oxygen atoms in total. The number of aliphatic imine (C=N–C) groups is 1. The van der Waals surface area contributed by atoms with E-state index in [1.165, 1.54) is 0 Å². The average molecular weight is 183 g/mol. The number of rotatable bonds is 1. The summed E-state index contributed by atoms with van der Waals surface area (Å²) < 4.78 is 1.09. The van der Waals surface area contributed by atoms with Crippen LogP contribution in [0.1, 0.15) is 0 Å². The Kier molecular flexibility index (Phi) is 2.09. The van der Waals surface area contributed by atoms with E-state index in [-0.39, 0.29) is 0 Å². The van der Waals surface area contributed by atoms with Gasteiger partial charge in [0.2, 0.25) is 0 Å². The molecule has 11 heavy (non-hydrogen) atoms. The summed E-state index contributed by atoms with van der Waals surface area (Å²) in [4.78, 5) is 12.2. The third-order valence-corrected chi connectivity index (χ3v) is 3.45. The molecule has 1 aliphatic rings. The standard InChI is InChI=1S/C6H5N3S2/c1-2-8-5(3-7-1)9-6-10-4-11-6/h1-3H,4H2. The summed E-state index contributed by atoms with van der Waals surface area (Å²) in [5.74, 6) is 0.696. The van der Waals surface area contributed by atoms with Gasteiger partial charge in [-0.3, -0.25) is 4.98 Å². The molecule has 0 unspecified atom stereocenters. The Morgan fingerprint density at radius 1 is 1.36 bits per heavy atom. The second kappa shape index (κ2) is 3.23. The van der Waals surface area contributed by atoms with E-state index >= 15 is 0 Å². The molecule has 1 aromatic rings. The highest BCUT2D eigenvalue weighted by Gasteiger charge is 2.11. The molecule has 1 aliphatic heterocycles. The van der Waals surface area contributed by atoms with Crippen molar-refractivity contribution in [2.45, 2.75) is 0 Å². The molecule has 0 aliphatic carbocycles. The van der Waals surface area contributed by atoms with E-state index < -0.39 is 0 Å². The molecule has 1 saturated heterocycles. The molecule has 1 aromatic heterocycles. The van der Waals surface area contributed by atoms with E-state index in [1.807, 2.05) is 0 Å². The largest absolute Gasteiger partial charge is 0.259 e. The van der Waals surface area contributed by atoms with Gasteiger partial charge in [-0.15, -0.1) is 0 Å². The fourth-order valence-electron chi connectivity index (χ4n) is 0.619. The number of hydrogen-bond donors (Lipinski definition) is 0. The minimum absolute atomic E-state index is 0.696. The van der Waals surface area contributed by atoms with Gasteiger partial charge in [0.15, 0.2) is 5.82 Å². The van der Waals surface area contributed by atoms with Crippen molar-refractivity contribution >= 4 is 33.7 Å². The van der Waals surface area contributed by atoms with Crippen LogP contribution in [0.25, 0.3) is 0 Å². The highest BCUT2D eigenvalue weighted by Crippen LogP contribution is 2.34. The van der Waals surface area contributed by atoms with Gasteiger partial charge in [0.05, 0.1) is 11.3 Å². The van der Waals surface area contributed by atoms with Crippen molar-refractivity contribution in [2.24, 2.45) is 4.99 Å². The second-order valence-electron chi connectivity index (χ2n) is 1.85. The van der Waals surface area contributed by atoms with Crippen LogP contribution < -0.4 is 0 Å². The van der Waals surface area contributed by atoms with Gasteiger partial charge in [-0.1, -0.05) is 23.5 Å². The van der Waals surface area contributed by atoms with E-state index in [0.29, 0.717) is 5.82 Å². The van der Waals surface area contributed by atoms with Gasteiger partial charge >= 0.3 is 0 Å². The Hall–Kier alpha value is -0.550. The molecule has 0 N–H and O–H groups in total. The molecular formula is C6H5N3S2. The lowest BCUT2D eigenvalue weighted by Crippen LogP contribution is -1.97. The summed E-state index contributed by atoms with van der Waals surface area (Å²) in [6.07, 6.45) is 4.95. The van der Waals surface area contributed by atoms with Crippen LogP contribution in [0.4, 0.5) is 5.82 Å². The second-order valence-corrected chi connectivity index (χ2v) is 4.40. The van der Waals surface area contributed by atoms with Gasteiger partial charge in [-0.2, -0.15) is 0 Å². The Labute approximate surface area is 72.7 Å². The van der Waals surface area contributed by atoms with E-state index in [0.717, 1.165) is 9.46 Å². The minimum atomic E-state index is 0.696. The molecule has 0 bridgehead atoms. The SMILES string of the molecule is c1cnc(N=C2SCS2)cn1. The van der Waals surface area contributed by atoms with Crippen LogP contribution in [0.3, 0.4) is 0 Å². The quantitative estimate of drug-likeness (QED) is 0.666. The maximum absolute atomic E-state index is 4.23. The molecular weight excluding hydrogens is 178 g/mol. The van der Waals surface area contributed by atoms with Gasteiger partial charge < -0.3 is 0 Å². The highest BCUT2D eigenvalue weighted by atomic mass is 32.3. The van der Waals surface area contributed by atoms with Crippen molar-refractivity contribution in [2.75, 3.05) is 5.08 Å². The van der Waals surface area contributed by atoms with E-state index in [2.05, 4.69) is 15.0 Å². The fourth-order valence-corrected chi connectivity index (χ4v) is 1.83. The minimum Gasteiger partial charge on any atom is -0.259 e. The molecule has 0 atom stereocenters. The molecule has 1 fully saturated rings. The molecule has 2 heterocycles. The first-order valence-electron chi connectivity index (χ1n) is 3.05. The maximum Gasteiger partial charge on any atom is 0.172 e. The molecule has 0 aromatic carbocycles. The Morgan fingerprint density at radius 2 is 2.27 bits per heavy atom. The monoisotopic (exact) mass is 183 g/mol. The third-order valence-electron chi connectivity index (χ3n) is 1.12. The zero-order valence-electron chi connectivity index (χ0n) is 5.60. The highest BCUT2D eigenvalue weighted by molar-refractivity contribution is 8.52. The van der Waals surface area contributed by atoms with Crippen molar-refractivity contribution < 1.29 is 0 Å². The van der Waals surface area contributed by atoms with Crippen molar-refractivity contribution in [1.29, 1.82) is 0 Å². The van der Waals surface area contributed by atoms with E-state index in [9.17, 15) is 0 Å². The summed E-state index contributed by atoms with van der Waals surface area (Å²) in [5, 5.41) is 1.11. The molecule has 0 spiro atoms. The van der Waals surface area contributed by atoms with Crippen LogP contribution in [0.5, 0.6) is 0 Å². The summed E-state index contributed by atoms with van der Waals surface area (Å²) in [5.41, 5.74) is 0. The van der Waals surface area contributed by atoms with Gasteiger partial charge in [-0.25, -0.2) is 9.98 Å². The lowest BCUT2D eigenvalue weighted by molar-refractivity contribution is 1.18. The van der Waals surface area contributed by atoms with Gasteiger partial charge in [-0.05, 0) is 0 Å². The number of aromatic nitrogens is 2. The maximum atomic E-state index is 4.23. The van der Waals surface area contributed by atoms with Crippen LogP contribution in [0.15, 0.2) is 23.6 Å². The third kappa shape index (κ3) is 1.72. The first kappa shape index (κ1) is 7.12. The van der Waals surface area contributed by atoms with Crippen molar-refractivity contribution in [1.82, 2.24) is 9.97 Å². The van der Waals surface area contributed by atoms with Gasteiger partial charge in [0.25, 0.3) is 0 Å². The number of hydrogen-bond acceptors (Lipinski definition) is 5. The van der Waals surface area contributed by atoms with Crippen LogP contribution in [-0.4, -0.2) is 19.4 Å². The smallest absolute Gasteiger partial charge is 0.172 e. The van der Waals surface area contributed by atoms with Gasteiger partial charge in [0.1, 0.15) is 4.38 Å². The fraction of sp³-hybridized carbons (Fsp3) is 0.167. The van der Waals surface area contributed by atoms with Crippen LogP contribution in [0, 0.1) is 0 Å². The Morgan fingerprint density at radius 3 is 2.82 bits per heavy atom. The Bertz CT molecular complexity index is 266. The topological polar surface area (TPSA) is 38.1 Å². The first-order chi connectivity index (χ1) is 5.45. The molecule has 5 heteroatoms. The normalized spacial score (nSPS) is 15.8. The van der Waals surface area contributed by atoms with Crippen LogP contribution in [-0.2, 0) is 0 Å². The average Bonchev–Trinajstić information content (AvgIpc) is 1.99. The summed E-state index contributed by atoms with van der Waals surface area (Å²) in [7, 11) is 0. The van der Waals surface area contributed by atoms with Crippen LogP contribution >= 0.6 is 23.5 Å². The zero-order valence-corrected chi connectivity index (χ0v) is 7.23. The summed E-state index contributed by atoms with van der Waals surface area (Å²) >= 11 is 3.49. The van der Waals surface area contributed by atoms with E-state index in [4.69, 9.17) is 0 Å². The molecule has 56 valence electrons. The zero-order chi connectivity index (χ0) is 7.52. The van der Waals surface area contributed by atoms with E-state index in [1.54, 1.807) is 42.1 Å². The van der Waals surface area contributed by atoms with Crippen molar-refractivity contribution in [3.63, 3.8) is 0 Å². The van der Waals surface area contributed by atoms with Crippen molar-refractivity contribution in [3.05, 3.63) is 18.6 Å². The predicted molar refractivity (Wildman–Crippen MR) is 49.2 cm³/mol. The summed E-state index contributed by atoms with van der Waals surface area (Å²) in [6.45, 7) is 0. The number of nitrogens with zero attached hydrogens (tertiary/aromatic N) is 3.